The van der Waals surface area contributed by atoms with Crippen LogP contribution in [-0.2, 0) is 84.8 Å². The Hall–Kier alpha value is -10.2. The van der Waals surface area contributed by atoms with Crippen LogP contribution in [0.2, 0.25) is 0 Å². The molecular weight excluding hydrogens is 1420 g/mol. The lowest BCUT2D eigenvalue weighted by Gasteiger charge is -2.29. The average molecular weight is 1540 g/mol. The molecule has 1 aromatic heterocycles. The topological polar surface area (TPSA) is 607 Å². The molecule has 0 fully saturated rings. The van der Waals surface area contributed by atoms with Gasteiger partial charge in [0.1, 0.15) is 72.5 Å². The molecule has 2 aromatic carbocycles. The number of nitrogens with one attached hydrogen (secondary N) is 14. The molecule has 0 aliphatic carbocycles. The van der Waals surface area contributed by atoms with E-state index in [4.69, 9.17) is 17.2 Å². The normalized spacial score (nSPS) is 15.2. The van der Waals surface area contributed by atoms with E-state index in [0.717, 1.165) is 6.42 Å². The number of aromatic amines is 1. The molecule has 0 aliphatic heterocycles. The van der Waals surface area contributed by atoms with Crippen molar-refractivity contribution in [3.8, 4) is 0 Å². The number of carboxylic acid groups (broad SMARTS) is 2. The molecule has 37 nitrogen and oxygen atoms in total. The van der Waals surface area contributed by atoms with Crippen LogP contribution in [0.5, 0.6) is 0 Å². The largest absolute Gasteiger partial charge is 0.481 e. The number of hydrogen-bond acceptors (Lipinski definition) is 21. The second-order valence-electron chi connectivity index (χ2n) is 27.8. The number of carbonyl (C=O) groups excluding carboxylic acids is 13. The van der Waals surface area contributed by atoms with Gasteiger partial charge in [-0.15, -0.1) is 0 Å². The summed E-state index contributed by atoms with van der Waals surface area (Å²) in [4.78, 5) is 207. The maximum Gasteiger partial charge on any atom is 0.325 e. The van der Waals surface area contributed by atoms with Crippen molar-refractivity contribution in [1.82, 2.24) is 74.1 Å². The Labute approximate surface area is 632 Å². The third-order valence-electron chi connectivity index (χ3n) is 17.9. The van der Waals surface area contributed by atoms with Crippen LogP contribution in [0.4, 0.5) is 0 Å². The number of fused-ring (bicyclic) bond motifs is 1. The van der Waals surface area contributed by atoms with E-state index in [9.17, 15) is 97.5 Å². The molecule has 0 spiro atoms. The van der Waals surface area contributed by atoms with Crippen molar-refractivity contribution in [1.29, 1.82) is 0 Å². The fourth-order valence-corrected chi connectivity index (χ4v) is 11.1. The summed E-state index contributed by atoms with van der Waals surface area (Å²) < 4.78 is 0. The number of para-hydroxylation sites is 1. The van der Waals surface area contributed by atoms with Gasteiger partial charge in [0.2, 0.25) is 76.8 Å². The molecule has 3 aromatic rings. The van der Waals surface area contributed by atoms with Gasteiger partial charge in [-0.25, -0.2) is 0 Å². The highest BCUT2D eigenvalue weighted by molar-refractivity contribution is 6.00. The van der Waals surface area contributed by atoms with E-state index in [1.165, 1.54) is 13.1 Å². The highest BCUT2D eigenvalue weighted by Gasteiger charge is 2.38. The summed E-state index contributed by atoms with van der Waals surface area (Å²) in [6.45, 7) is 11.2. The van der Waals surface area contributed by atoms with Crippen molar-refractivity contribution >= 4 is 99.6 Å². The van der Waals surface area contributed by atoms with Crippen molar-refractivity contribution in [3.05, 3.63) is 71.9 Å². The molecule has 1 heterocycles. The van der Waals surface area contributed by atoms with Crippen molar-refractivity contribution < 1.29 is 97.5 Å². The van der Waals surface area contributed by atoms with Crippen LogP contribution in [0.1, 0.15) is 131 Å². The van der Waals surface area contributed by atoms with Crippen molar-refractivity contribution in [2.24, 2.45) is 40.9 Å². The number of H-pyrrole nitrogens is 1. The van der Waals surface area contributed by atoms with Gasteiger partial charge in [-0.05, 0) is 106 Å². The van der Waals surface area contributed by atoms with Gasteiger partial charge in [0, 0.05) is 36.4 Å². The minimum Gasteiger partial charge on any atom is -0.481 e. The van der Waals surface area contributed by atoms with Gasteiger partial charge in [0.15, 0.2) is 0 Å². The van der Waals surface area contributed by atoms with Crippen molar-refractivity contribution in [2.75, 3.05) is 39.4 Å². The predicted molar refractivity (Wildman–Crippen MR) is 398 cm³/mol. The van der Waals surface area contributed by atoms with Crippen LogP contribution in [0, 0.1) is 23.7 Å². The zero-order valence-corrected chi connectivity index (χ0v) is 63.2. The molecule has 109 heavy (non-hydrogen) atoms. The zero-order chi connectivity index (χ0) is 81.8. The number of aromatic nitrogens is 1. The fraction of sp³-hybridized carbons (Fsp3) is 0.597. The summed E-state index contributed by atoms with van der Waals surface area (Å²) in [6, 6.07) is -3.25. The van der Waals surface area contributed by atoms with Crippen molar-refractivity contribution in [3.63, 3.8) is 0 Å². The molecule has 14 unspecified atom stereocenters. The first-order valence-electron chi connectivity index (χ1n) is 36.5. The monoisotopic (exact) mass is 1540 g/mol. The predicted octanol–water partition coefficient (Wildman–Crippen LogP) is -4.57. The Balaban J connectivity index is 1.84. The Morgan fingerprint density at radius 3 is 1.32 bits per heavy atom. The number of nitrogens with two attached hydrogens (primary N) is 3. The highest BCUT2D eigenvalue weighted by Crippen LogP contribution is 2.20. The van der Waals surface area contributed by atoms with Gasteiger partial charge in [-0.1, -0.05) is 110 Å². The van der Waals surface area contributed by atoms with Gasteiger partial charge in [0.05, 0.1) is 32.3 Å². The summed E-state index contributed by atoms with van der Waals surface area (Å²) in [5, 5.41) is 83.1. The van der Waals surface area contributed by atoms with Crippen LogP contribution in [0.3, 0.4) is 0 Å². The van der Waals surface area contributed by atoms with E-state index in [0.29, 0.717) is 40.8 Å². The lowest BCUT2D eigenvalue weighted by molar-refractivity contribution is -0.142. The second kappa shape index (κ2) is 47.6. The summed E-state index contributed by atoms with van der Waals surface area (Å²) >= 11 is 0. The summed E-state index contributed by atoms with van der Waals surface area (Å²) in [6.07, 6.45) is -0.259. The molecule has 13 amide bonds. The van der Waals surface area contributed by atoms with E-state index in [1.807, 2.05) is 13.8 Å². The van der Waals surface area contributed by atoms with E-state index < -0.39 is 218 Å². The molecule has 0 bridgehead atoms. The Bertz CT molecular complexity index is 3540. The number of carbonyl (C=O) groups is 15. The molecular formula is C72H113N17O20. The quantitative estimate of drug-likeness (QED) is 0.0253. The summed E-state index contributed by atoms with van der Waals surface area (Å²) in [5.74, 6) is -16.7. The smallest absolute Gasteiger partial charge is 0.325 e. The van der Waals surface area contributed by atoms with E-state index in [2.05, 4.69) is 74.1 Å². The number of carboxylic acids is 2. The maximum atomic E-state index is 14.5. The molecule has 606 valence electrons. The number of aliphatic carboxylic acids is 2. The molecule has 0 saturated carbocycles. The Morgan fingerprint density at radius 1 is 0.422 bits per heavy atom. The van der Waals surface area contributed by atoms with Crippen LogP contribution < -0.4 is 86.3 Å². The second-order valence-corrected chi connectivity index (χ2v) is 27.8. The number of rotatable bonds is 50. The van der Waals surface area contributed by atoms with Gasteiger partial charge in [-0.2, -0.15) is 0 Å². The first-order chi connectivity index (χ1) is 51.5. The maximum absolute atomic E-state index is 14.5. The van der Waals surface area contributed by atoms with Crippen LogP contribution >= 0.6 is 0 Å². The van der Waals surface area contributed by atoms with Gasteiger partial charge in [-0.3, -0.25) is 71.9 Å². The van der Waals surface area contributed by atoms with Gasteiger partial charge in [0.25, 0.3) is 0 Å². The lowest BCUT2D eigenvalue weighted by Crippen LogP contribution is -2.62. The van der Waals surface area contributed by atoms with Crippen molar-refractivity contribution in [2.45, 2.75) is 212 Å². The highest BCUT2D eigenvalue weighted by atomic mass is 16.4. The SMILES string of the molecule is CCC(C)CCC(O)CC(=O)NC(C(=O)NC(CCN)C(=O)NCC(=O)NC(CO)C(=O)NC(Cc1c[nH]c2ccccc12)C(=O)NC(CO)C(=O)NC(CCN)C(=O)NC(CCN)C(=O)NC(Cc1ccccc1)C(=O)NC(CCC(=O)O)C(=O)NC(C(=O)NC(C(=O)NC(C)C(=O)O)C(C)C)C(C)C)C(C)C. The van der Waals surface area contributed by atoms with Gasteiger partial charge >= 0.3 is 11.9 Å². The first kappa shape index (κ1) is 93.0. The van der Waals surface area contributed by atoms with E-state index >= 15 is 0 Å². The van der Waals surface area contributed by atoms with Crippen LogP contribution in [-0.4, -0.2) is 237 Å². The third kappa shape index (κ3) is 31.9. The molecule has 37 heteroatoms. The summed E-state index contributed by atoms with van der Waals surface area (Å²) in [5.41, 5.74) is 19.2. The fourth-order valence-electron chi connectivity index (χ4n) is 11.1. The number of aliphatic hydroxyl groups excluding tert-OH is 3. The first-order valence-corrected chi connectivity index (χ1v) is 36.5. The molecule has 14 atom stereocenters. The molecule has 25 N–H and O–H groups in total. The molecule has 0 radical (unpaired) electrons. The lowest BCUT2D eigenvalue weighted by atomic mass is 9.98. The van der Waals surface area contributed by atoms with E-state index in [1.54, 1.807) is 96.1 Å². The minimum atomic E-state index is -1.88. The third-order valence-corrected chi connectivity index (χ3v) is 17.9. The number of amides is 13. The zero-order valence-electron chi connectivity index (χ0n) is 63.2. The number of hydrogen-bond donors (Lipinski definition) is 22. The molecule has 0 aliphatic rings. The van der Waals surface area contributed by atoms with Gasteiger partial charge < -0.3 is 117 Å². The Kier molecular flexibility index (Phi) is 40.6. The average Bonchev–Trinajstić information content (AvgIpc) is 1.72. The molecule has 0 saturated heterocycles. The van der Waals surface area contributed by atoms with Crippen LogP contribution in [0.15, 0.2) is 60.8 Å². The Morgan fingerprint density at radius 2 is 0.826 bits per heavy atom. The standard InChI is InChI=1S/C72H113N17O20/c1-10-40(8)20-21-44(92)32-55(93)87-58(37(2)3)70(106)83-48(24-27-73)61(97)77-34-56(94)79-53(35-90)67(103)85-52(31-43-33-76-46-19-15-14-18-45(43)46)66(102)86-54(36-91)68(104)82-49(25-28-74)62(98)81-50(26-29-75)63(99)84-51(30-42-16-12-11-13-17-42)65(101)80-47(22-23-57(95)96)64(100)88-60(39(6)7)71(107)89-59(38(4)5)69(105)78-41(9)72(108)109/h11-19,33,37-41,44,47-54,58-60,76,90-92H,10,20-32,34-36,73-75H2,1-9H3,(H,77,97)(H,78,105)(H,79,94)(H,80,101)(H,81,98)(H,82,104)(H,83,106)(H,84,99)(H,85,103)(H,86,102)(H,87,93)(H,88,100)(H,89,107)(H,95,96)(H,108,109). The number of aliphatic hydroxyl groups is 3. The van der Waals surface area contributed by atoms with Crippen LogP contribution in [0.25, 0.3) is 10.9 Å². The molecule has 3 rings (SSSR count). The summed E-state index contributed by atoms with van der Waals surface area (Å²) in [7, 11) is 0. The van der Waals surface area contributed by atoms with E-state index in [-0.39, 0.29) is 58.2 Å². The minimum absolute atomic E-state index is 0.109. The number of benzene rings is 2.